The summed E-state index contributed by atoms with van der Waals surface area (Å²) >= 11 is 0. The van der Waals surface area contributed by atoms with E-state index < -0.39 is 0 Å². The maximum absolute atomic E-state index is 4.81. The number of aromatic nitrogens is 4. The van der Waals surface area contributed by atoms with Crippen molar-refractivity contribution in [3.8, 4) is 101 Å². The van der Waals surface area contributed by atoms with Gasteiger partial charge >= 0.3 is 0 Å². The SMILES string of the molecule is CC1(C)c2ccccc2-c2cccc3c(-c4ccc(-c5nc6ccccc6[nH]5)cc4)c4ccccc4c1c23.CC1(C)c2ccccc2-c2cccc3c(-c4ccc5cc(-c6ccccn6)ccc5c4)c4ccccc4c1c23.CC1(C)c2ccccc2-c2cccc3c(-c4ccc5ccc(-c6ccccn6)cc5c4)c4ccccc4c1c23. The Morgan fingerprint density at radius 2 is 0.552 bits per heavy atom. The Labute approximate surface area is 674 Å². The second-order valence-electron chi connectivity index (χ2n) is 33.2. The molecule has 0 fully saturated rings. The van der Waals surface area contributed by atoms with E-state index in [1.54, 1.807) is 0 Å². The fourth-order valence-corrected chi connectivity index (χ4v) is 20.5. The first-order valence-electron chi connectivity index (χ1n) is 40.5. The van der Waals surface area contributed by atoms with Gasteiger partial charge in [-0.05, 0) is 247 Å². The van der Waals surface area contributed by atoms with Crippen LogP contribution in [0.1, 0.15) is 74.9 Å². The van der Waals surface area contributed by atoms with Crippen molar-refractivity contribution in [2.45, 2.75) is 57.8 Å². The number of H-pyrrole nitrogens is 1. The van der Waals surface area contributed by atoms with Crippen LogP contribution in [0.15, 0.2) is 370 Å². The van der Waals surface area contributed by atoms with Crippen LogP contribution in [0.4, 0.5) is 0 Å². The van der Waals surface area contributed by atoms with Crippen molar-refractivity contribution < 1.29 is 0 Å². The van der Waals surface area contributed by atoms with Gasteiger partial charge in [-0.2, -0.15) is 0 Å². The zero-order valence-corrected chi connectivity index (χ0v) is 65.6. The van der Waals surface area contributed by atoms with Crippen LogP contribution in [-0.4, -0.2) is 19.9 Å². The zero-order chi connectivity index (χ0) is 77.7. The normalized spacial score (nSPS) is 13.6. The number of nitrogens with zero attached hydrogens (tertiary/aromatic N) is 3. The fraction of sp³-hybridized carbons (Fsp3) is 0.0804. The summed E-state index contributed by atoms with van der Waals surface area (Å²) in [4.78, 5) is 17.4. The van der Waals surface area contributed by atoms with Crippen LogP contribution in [0.25, 0.3) is 198 Å². The number of hydrogen-bond donors (Lipinski definition) is 1. The zero-order valence-electron chi connectivity index (χ0n) is 65.6. The fourth-order valence-electron chi connectivity index (χ4n) is 20.5. The number of pyridine rings is 2. The number of rotatable bonds is 6. The van der Waals surface area contributed by atoms with Crippen LogP contribution >= 0.6 is 0 Å². The molecule has 3 aliphatic rings. The van der Waals surface area contributed by atoms with E-state index in [1.807, 2.05) is 54.9 Å². The van der Waals surface area contributed by atoms with Crippen LogP contribution < -0.4 is 0 Å². The van der Waals surface area contributed by atoms with Gasteiger partial charge < -0.3 is 4.98 Å². The molecule has 0 unspecified atom stereocenters. The lowest BCUT2D eigenvalue weighted by atomic mass is 9.66. The molecule has 3 aromatic heterocycles. The molecule has 0 saturated carbocycles. The van der Waals surface area contributed by atoms with Gasteiger partial charge in [0.1, 0.15) is 5.82 Å². The van der Waals surface area contributed by atoms with Crippen molar-refractivity contribution in [1.29, 1.82) is 0 Å². The number of imidazole rings is 1. The molecule has 1 N–H and O–H groups in total. The standard InChI is InChI=1S/2C38H27N.C36H26N2/c1-38(2)33-15-6-5-10-28(33)29-13-9-14-32-35(30-11-3-4-12-31(30)37(38)36(29)32)27-20-18-24-22-26(19-17-25(24)23-27)34-16-7-8-21-39-34;1-38(2)33-15-6-5-10-28(33)29-13-9-14-32-35(30-11-3-4-12-31(30)37(38)36(29)32)26-20-18-24-17-19-25(22-27(24)23-26)34-16-7-8-21-39-34;1-36(2)29-15-6-5-10-24(29)25-13-9-14-28-32(26-11-3-4-12-27(26)34(36)33(25)28)22-18-20-23(21-19-22)35-37-30-16-7-8-17-31(30)38-35/h2*3-23H,1-2H3;3-21H,1-2H3,(H,37,38). The molecule has 3 heterocycles. The van der Waals surface area contributed by atoms with Gasteiger partial charge in [-0.1, -0.05) is 339 Å². The first-order valence-corrected chi connectivity index (χ1v) is 40.5. The van der Waals surface area contributed by atoms with Crippen molar-refractivity contribution in [2.24, 2.45) is 0 Å². The van der Waals surface area contributed by atoms with Crippen molar-refractivity contribution in [3.05, 3.63) is 404 Å². The smallest absolute Gasteiger partial charge is 0.138 e. The Balaban J connectivity index is 0.000000106. The predicted octanol–water partition coefficient (Wildman–Crippen LogP) is 29.9. The van der Waals surface area contributed by atoms with Crippen LogP contribution in [0.3, 0.4) is 0 Å². The van der Waals surface area contributed by atoms with Crippen molar-refractivity contribution in [1.82, 2.24) is 19.9 Å². The summed E-state index contributed by atoms with van der Waals surface area (Å²) in [5, 5.41) is 21.0. The van der Waals surface area contributed by atoms with Crippen LogP contribution in [-0.2, 0) is 16.2 Å². The second kappa shape index (κ2) is 26.5. The molecular formula is C112H80N4. The molecule has 4 nitrogen and oxygen atoms in total. The lowest BCUT2D eigenvalue weighted by Gasteiger charge is -2.37. The molecule has 21 aromatic rings. The number of hydrogen-bond acceptors (Lipinski definition) is 3. The average molecular weight is 1480 g/mol. The Morgan fingerprint density at radius 1 is 0.233 bits per heavy atom. The van der Waals surface area contributed by atoms with Gasteiger partial charge in [0, 0.05) is 45.3 Å². The van der Waals surface area contributed by atoms with Crippen LogP contribution in [0, 0.1) is 0 Å². The van der Waals surface area contributed by atoms with Crippen LogP contribution in [0.5, 0.6) is 0 Å². The molecule has 0 amide bonds. The maximum Gasteiger partial charge on any atom is 0.138 e. The summed E-state index contributed by atoms with van der Waals surface area (Å²) in [6.45, 7) is 14.3. The summed E-state index contributed by atoms with van der Waals surface area (Å²) in [5.41, 5.74) is 31.3. The largest absolute Gasteiger partial charge is 0.338 e. The highest BCUT2D eigenvalue weighted by Gasteiger charge is 2.40. The predicted molar refractivity (Wildman–Crippen MR) is 490 cm³/mol. The minimum atomic E-state index is -0.109. The Hall–Kier alpha value is -14.2. The number of fused-ring (bicyclic) bond motifs is 15. The molecule has 0 saturated heterocycles. The van der Waals surface area contributed by atoms with Gasteiger partial charge in [0.25, 0.3) is 0 Å². The lowest BCUT2D eigenvalue weighted by molar-refractivity contribution is 0.651. The monoisotopic (exact) mass is 1480 g/mol. The van der Waals surface area contributed by atoms with Gasteiger partial charge in [-0.25, -0.2) is 4.98 Å². The highest BCUT2D eigenvalue weighted by atomic mass is 14.9. The molecule has 0 atom stereocenters. The van der Waals surface area contributed by atoms with Crippen molar-refractivity contribution >= 4 is 97.2 Å². The Kier molecular flexibility index (Phi) is 15.6. The molecule has 0 bridgehead atoms. The first-order chi connectivity index (χ1) is 56.8. The van der Waals surface area contributed by atoms with Gasteiger partial charge in [-0.15, -0.1) is 0 Å². The topological polar surface area (TPSA) is 54.5 Å². The third kappa shape index (κ3) is 10.6. The van der Waals surface area contributed by atoms with E-state index in [0.717, 1.165) is 44.9 Å². The van der Waals surface area contributed by atoms with E-state index >= 15 is 0 Å². The maximum atomic E-state index is 4.81. The molecule has 0 aliphatic heterocycles. The van der Waals surface area contributed by atoms with E-state index in [0.29, 0.717) is 0 Å². The summed E-state index contributed by atoms with van der Waals surface area (Å²) in [5.74, 6) is 0.901. The third-order valence-corrected chi connectivity index (χ3v) is 25.7. The minimum absolute atomic E-state index is 0.105. The summed E-state index contributed by atoms with van der Waals surface area (Å²) in [7, 11) is 0. The Bertz CT molecular complexity index is 7620. The first kappa shape index (κ1) is 68.6. The molecule has 0 spiro atoms. The van der Waals surface area contributed by atoms with Gasteiger partial charge in [-0.3, -0.25) is 9.97 Å². The molecule has 0 radical (unpaired) electrons. The highest BCUT2D eigenvalue weighted by Crippen LogP contribution is 2.58. The summed E-state index contributed by atoms with van der Waals surface area (Å²) in [6, 6.07) is 131. The Morgan fingerprint density at radius 3 is 0.983 bits per heavy atom. The molecular weight excluding hydrogens is 1400 g/mol. The molecule has 548 valence electrons. The average Bonchev–Trinajstić information content (AvgIpc) is 0.727. The number of para-hydroxylation sites is 2. The highest BCUT2D eigenvalue weighted by molar-refractivity contribution is 6.24. The van der Waals surface area contributed by atoms with Crippen molar-refractivity contribution in [2.75, 3.05) is 0 Å². The summed E-state index contributed by atoms with van der Waals surface area (Å²) in [6.07, 6.45) is 3.71. The lowest BCUT2D eigenvalue weighted by Crippen LogP contribution is -2.24. The van der Waals surface area contributed by atoms with Crippen molar-refractivity contribution in [3.63, 3.8) is 0 Å². The second-order valence-corrected chi connectivity index (χ2v) is 33.2. The van der Waals surface area contributed by atoms with E-state index in [9.17, 15) is 0 Å². The third-order valence-electron chi connectivity index (χ3n) is 25.7. The number of nitrogens with one attached hydrogen (secondary N) is 1. The van der Waals surface area contributed by atoms with Gasteiger partial charge in [0.15, 0.2) is 0 Å². The summed E-state index contributed by atoms with van der Waals surface area (Å²) < 4.78 is 0. The molecule has 3 aliphatic carbocycles. The number of aromatic amines is 1. The molecule has 18 aromatic carbocycles. The molecule has 4 heteroatoms. The molecule has 24 rings (SSSR count). The van der Waals surface area contributed by atoms with Gasteiger partial charge in [0.2, 0.25) is 0 Å². The quantitative estimate of drug-likeness (QED) is 0.169. The van der Waals surface area contributed by atoms with Crippen LogP contribution in [0.2, 0.25) is 0 Å². The minimum Gasteiger partial charge on any atom is -0.338 e. The van der Waals surface area contributed by atoms with E-state index in [-0.39, 0.29) is 16.2 Å². The van der Waals surface area contributed by atoms with Gasteiger partial charge in [0.05, 0.1) is 22.4 Å². The molecule has 116 heavy (non-hydrogen) atoms. The van der Waals surface area contributed by atoms with E-state index in [1.165, 1.54) is 186 Å². The van der Waals surface area contributed by atoms with E-state index in [2.05, 4.69) is 372 Å². The number of benzene rings is 18. The van der Waals surface area contributed by atoms with E-state index in [4.69, 9.17) is 4.98 Å².